The molecule has 94 valence electrons. The number of aromatic nitrogens is 2. The number of methoxy groups -OCH3 is 1. The first-order valence-corrected chi connectivity index (χ1v) is 5.16. The molecule has 1 aromatic heterocycles. The van der Waals surface area contributed by atoms with Crippen LogP contribution in [0.15, 0.2) is 24.4 Å². The fraction of sp³-hybridized carbons (Fsp3) is 0.167. The van der Waals surface area contributed by atoms with Gasteiger partial charge in [0.25, 0.3) is 0 Å². The minimum absolute atomic E-state index is 0.0498. The summed E-state index contributed by atoms with van der Waals surface area (Å²) in [7, 11) is 1.37. The first kappa shape index (κ1) is 12.1. The summed E-state index contributed by atoms with van der Waals surface area (Å²) in [6, 6.07) is 4.29. The van der Waals surface area contributed by atoms with Gasteiger partial charge in [-0.05, 0) is 19.1 Å². The van der Waals surface area contributed by atoms with Gasteiger partial charge in [-0.2, -0.15) is 5.10 Å². The molecule has 0 spiro atoms. The summed E-state index contributed by atoms with van der Waals surface area (Å²) in [5.74, 6) is -1.51. The number of hydrogen-bond acceptors (Lipinski definition) is 3. The third kappa shape index (κ3) is 2.04. The number of nitrogens with zero attached hydrogens (tertiary/aromatic N) is 2. The zero-order valence-electron chi connectivity index (χ0n) is 9.85. The molecule has 2 rings (SSSR count). The molecular formula is C12H11FN2O3. The lowest BCUT2D eigenvalue weighted by Gasteiger charge is -2.04. The number of carbonyl (C=O) groups is 1. The van der Waals surface area contributed by atoms with Crippen LogP contribution < -0.4 is 4.74 Å². The van der Waals surface area contributed by atoms with Gasteiger partial charge in [0.2, 0.25) is 0 Å². The van der Waals surface area contributed by atoms with E-state index in [4.69, 9.17) is 9.84 Å². The first-order chi connectivity index (χ1) is 8.52. The Labute approximate surface area is 102 Å². The Morgan fingerprint density at radius 2 is 2.22 bits per heavy atom. The second kappa shape index (κ2) is 4.48. The van der Waals surface area contributed by atoms with Crippen LogP contribution in [0, 0.1) is 12.7 Å². The van der Waals surface area contributed by atoms with Gasteiger partial charge in [0.05, 0.1) is 12.8 Å². The summed E-state index contributed by atoms with van der Waals surface area (Å²) >= 11 is 0. The van der Waals surface area contributed by atoms with Crippen molar-refractivity contribution < 1.29 is 19.0 Å². The van der Waals surface area contributed by atoms with Crippen molar-refractivity contribution in [1.29, 1.82) is 0 Å². The predicted octanol–water partition coefficient (Wildman–Crippen LogP) is 2.03. The summed E-state index contributed by atoms with van der Waals surface area (Å²) in [6.07, 6.45) is 1.53. The predicted molar refractivity (Wildman–Crippen MR) is 61.8 cm³/mol. The van der Waals surface area contributed by atoms with Gasteiger partial charge in [0, 0.05) is 17.8 Å². The van der Waals surface area contributed by atoms with E-state index in [9.17, 15) is 9.18 Å². The van der Waals surface area contributed by atoms with Crippen molar-refractivity contribution >= 4 is 5.97 Å². The Kier molecular flexibility index (Phi) is 3.01. The van der Waals surface area contributed by atoms with Gasteiger partial charge < -0.3 is 9.84 Å². The van der Waals surface area contributed by atoms with Crippen molar-refractivity contribution in [3.63, 3.8) is 0 Å². The van der Waals surface area contributed by atoms with Crippen molar-refractivity contribution in [3.8, 4) is 11.4 Å². The molecule has 0 aliphatic rings. The summed E-state index contributed by atoms with van der Waals surface area (Å²) < 4.78 is 19.6. The monoisotopic (exact) mass is 250 g/mol. The minimum atomic E-state index is -1.11. The highest BCUT2D eigenvalue weighted by Gasteiger charge is 2.14. The molecule has 1 heterocycles. The summed E-state index contributed by atoms with van der Waals surface area (Å²) in [4.78, 5) is 10.9. The van der Waals surface area contributed by atoms with Crippen LogP contribution in [-0.2, 0) is 0 Å². The number of carboxylic acids is 1. The normalized spacial score (nSPS) is 10.4. The molecule has 5 nitrogen and oxygen atoms in total. The average Bonchev–Trinajstić information content (AvgIpc) is 2.71. The van der Waals surface area contributed by atoms with Crippen molar-refractivity contribution in [2.24, 2.45) is 0 Å². The molecule has 0 amide bonds. The number of aryl methyl sites for hydroxylation is 1. The molecule has 0 atom stereocenters. The Morgan fingerprint density at radius 1 is 1.50 bits per heavy atom. The van der Waals surface area contributed by atoms with Crippen molar-refractivity contribution in [1.82, 2.24) is 9.78 Å². The third-order valence-corrected chi connectivity index (χ3v) is 2.50. The van der Waals surface area contributed by atoms with E-state index in [1.807, 2.05) is 0 Å². The van der Waals surface area contributed by atoms with Gasteiger partial charge in [0.1, 0.15) is 0 Å². The number of rotatable bonds is 3. The molecule has 2 aromatic rings. The van der Waals surface area contributed by atoms with E-state index in [0.29, 0.717) is 11.3 Å². The summed E-state index contributed by atoms with van der Waals surface area (Å²) in [6.45, 7) is 1.63. The maximum absolute atomic E-state index is 13.5. The zero-order chi connectivity index (χ0) is 13.3. The van der Waals surface area contributed by atoms with Gasteiger partial charge in [-0.15, -0.1) is 0 Å². The Morgan fingerprint density at radius 3 is 2.72 bits per heavy atom. The average molecular weight is 250 g/mol. The van der Waals surface area contributed by atoms with Crippen LogP contribution in [0.5, 0.6) is 5.75 Å². The maximum atomic E-state index is 13.5. The Bertz CT molecular complexity index is 607. The van der Waals surface area contributed by atoms with Crippen LogP contribution in [0.3, 0.4) is 0 Å². The number of carboxylic acid groups (broad SMARTS) is 1. The Balaban J connectivity index is 2.46. The molecule has 18 heavy (non-hydrogen) atoms. The molecule has 0 unspecified atom stereocenters. The lowest BCUT2D eigenvalue weighted by molar-refractivity contribution is 0.0689. The van der Waals surface area contributed by atoms with Crippen molar-refractivity contribution in [2.75, 3.05) is 7.11 Å². The van der Waals surface area contributed by atoms with Crippen LogP contribution in [0.1, 0.15) is 16.1 Å². The SMILES string of the molecule is COc1ccc(-n2cc(C)c(C(=O)O)n2)cc1F. The van der Waals surface area contributed by atoms with Crippen LogP contribution in [0.4, 0.5) is 4.39 Å². The topological polar surface area (TPSA) is 64.3 Å². The second-order valence-electron chi connectivity index (χ2n) is 3.73. The van der Waals surface area contributed by atoms with Crippen LogP contribution >= 0.6 is 0 Å². The van der Waals surface area contributed by atoms with E-state index in [1.165, 1.54) is 30.1 Å². The highest BCUT2D eigenvalue weighted by Crippen LogP contribution is 2.20. The molecular weight excluding hydrogens is 239 g/mol. The van der Waals surface area contributed by atoms with E-state index >= 15 is 0 Å². The van der Waals surface area contributed by atoms with Crippen LogP contribution in [0.2, 0.25) is 0 Å². The number of hydrogen-bond donors (Lipinski definition) is 1. The van der Waals surface area contributed by atoms with E-state index in [2.05, 4.69) is 5.10 Å². The Hall–Kier alpha value is -2.37. The van der Waals surface area contributed by atoms with Gasteiger partial charge in [-0.1, -0.05) is 0 Å². The molecule has 0 radical (unpaired) electrons. The quantitative estimate of drug-likeness (QED) is 0.905. The van der Waals surface area contributed by atoms with Crippen molar-refractivity contribution in [3.05, 3.63) is 41.5 Å². The van der Waals surface area contributed by atoms with Crippen molar-refractivity contribution in [2.45, 2.75) is 6.92 Å². The molecule has 0 saturated heterocycles. The van der Waals surface area contributed by atoms with Crippen LogP contribution in [0.25, 0.3) is 5.69 Å². The standard InChI is InChI=1S/C12H11FN2O3/c1-7-6-15(14-11(7)12(16)17)8-3-4-10(18-2)9(13)5-8/h3-6H,1-2H3,(H,16,17). The highest BCUT2D eigenvalue weighted by atomic mass is 19.1. The molecule has 0 bridgehead atoms. The van der Waals surface area contributed by atoms with E-state index in [0.717, 1.165) is 0 Å². The zero-order valence-corrected chi connectivity index (χ0v) is 9.85. The smallest absolute Gasteiger partial charge is 0.356 e. The maximum Gasteiger partial charge on any atom is 0.356 e. The van der Waals surface area contributed by atoms with Gasteiger partial charge in [-0.3, -0.25) is 0 Å². The molecule has 0 aliphatic heterocycles. The lowest BCUT2D eigenvalue weighted by Crippen LogP contribution is -2.02. The van der Waals surface area contributed by atoms with Gasteiger partial charge in [0.15, 0.2) is 17.3 Å². The third-order valence-electron chi connectivity index (χ3n) is 2.50. The molecule has 6 heteroatoms. The molecule has 1 aromatic carbocycles. The van der Waals surface area contributed by atoms with Gasteiger partial charge in [-0.25, -0.2) is 13.9 Å². The molecule has 0 aliphatic carbocycles. The second-order valence-corrected chi connectivity index (χ2v) is 3.73. The minimum Gasteiger partial charge on any atom is -0.494 e. The molecule has 1 N–H and O–H groups in total. The largest absolute Gasteiger partial charge is 0.494 e. The molecule has 0 fully saturated rings. The lowest BCUT2D eigenvalue weighted by atomic mass is 10.3. The van der Waals surface area contributed by atoms with E-state index in [1.54, 1.807) is 13.0 Å². The van der Waals surface area contributed by atoms with Crippen LogP contribution in [-0.4, -0.2) is 28.0 Å². The fourth-order valence-corrected chi connectivity index (χ4v) is 1.60. The fourth-order valence-electron chi connectivity index (χ4n) is 1.60. The number of benzene rings is 1. The van der Waals surface area contributed by atoms with E-state index in [-0.39, 0.29) is 11.4 Å². The number of ether oxygens (including phenoxy) is 1. The number of halogens is 1. The first-order valence-electron chi connectivity index (χ1n) is 5.16. The summed E-state index contributed by atoms with van der Waals surface area (Å²) in [5.41, 5.74) is 0.897. The summed E-state index contributed by atoms with van der Waals surface area (Å²) in [5, 5.41) is 12.8. The van der Waals surface area contributed by atoms with Gasteiger partial charge >= 0.3 is 5.97 Å². The molecule has 0 saturated carbocycles. The highest BCUT2D eigenvalue weighted by molar-refractivity contribution is 5.86. The number of aromatic carboxylic acids is 1. The van der Waals surface area contributed by atoms with E-state index < -0.39 is 11.8 Å².